The zero-order valence-electron chi connectivity index (χ0n) is 8.39. The normalized spacial score (nSPS) is 19.4. The van der Waals surface area contributed by atoms with E-state index in [2.05, 4.69) is 48.6 Å². The summed E-state index contributed by atoms with van der Waals surface area (Å²) in [7, 11) is 0.147. The van der Waals surface area contributed by atoms with Gasteiger partial charge in [0.25, 0.3) is 0 Å². The zero-order chi connectivity index (χ0) is 8.93. The van der Waals surface area contributed by atoms with E-state index in [0.717, 1.165) is 11.8 Å². The van der Waals surface area contributed by atoms with Gasteiger partial charge in [0.1, 0.15) is 0 Å². The summed E-state index contributed by atoms with van der Waals surface area (Å²) < 4.78 is 0. The molecule has 14 heavy (non-hydrogen) atoms. The summed E-state index contributed by atoms with van der Waals surface area (Å²) in [5.41, 5.74) is 0. The van der Waals surface area contributed by atoms with Crippen LogP contribution in [-0.2, 0) is 26.2 Å². The summed E-state index contributed by atoms with van der Waals surface area (Å²) in [4.78, 5) is 0. The van der Waals surface area contributed by atoms with E-state index in [4.69, 9.17) is 0 Å². The minimum absolute atomic E-state index is 0. The first-order valence-corrected chi connectivity index (χ1v) is 7.15. The fourth-order valence-electron chi connectivity index (χ4n) is 1.93. The van der Waals surface area contributed by atoms with Crippen LogP contribution in [0.1, 0.15) is 0 Å². The molecule has 0 spiro atoms. The van der Waals surface area contributed by atoms with E-state index in [1.54, 1.807) is 0 Å². The molecule has 2 aliphatic rings. The van der Waals surface area contributed by atoms with E-state index in [0.29, 0.717) is 0 Å². The Morgan fingerprint density at radius 1 is 0.714 bits per heavy atom. The average Bonchev–Trinajstić information content (AvgIpc) is 2.75. The van der Waals surface area contributed by atoms with Gasteiger partial charge in [0.15, 0.2) is 0 Å². The Morgan fingerprint density at radius 2 is 1.07 bits per heavy atom. The molecule has 0 bridgehead atoms. The molecular formula is C12H16SiZr. The maximum atomic E-state index is 2.33. The van der Waals surface area contributed by atoms with Crippen LogP contribution in [0.4, 0.5) is 0 Å². The molecule has 2 aliphatic carbocycles. The fraction of sp³-hybridized carbons (Fsp3) is 0.333. The molecule has 2 rings (SSSR count). The fourth-order valence-corrected chi connectivity index (χ4v) is 3.88. The Balaban J connectivity index is 0.000000980. The van der Waals surface area contributed by atoms with Crippen molar-refractivity contribution in [1.29, 1.82) is 0 Å². The van der Waals surface area contributed by atoms with Gasteiger partial charge in [-0.2, -0.15) is 0 Å². The molecule has 0 amide bonds. The van der Waals surface area contributed by atoms with E-state index in [9.17, 15) is 0 Å². The minimum Gasteiger partial charge on any atom is -0.0779 e. The molecule has 0 radical (unpaired) electrons. The SMILES string of the molecule is C1=CC(C[SiH2]CC2C=CC=C2)C=C1.[Zr]. The second-order valence-electron chi connectivity index (χ2n) is 3.80. The van der Waals surface area contributed by atoms with E-state index in [1.165, 1.54) is 12.1 Å². The van der Waals surface area contributed by atoms with Crippen LogP contribution in [0, 0.1) is 11.8 Å². The first-order valence-electron chi connectivity index (χ1n) is 5.15. The van der Waals surface area contributed by atoms with Crippen LogP contribution in [0.2, 0.25) is 12.1 Å². The van der Waals surface area contributed by atoms with Crippen LogP contribution >= 0.6 is 0 Å². The van der Waals surface area contributed by atoms with Crippen molar-refractivity contribution in [3.8, 4) is 0 Å². The average molecular weight is 280 g/mol. The van der Waals surface area contributed by atoms with Crippen molar-refractivity contribution >= 4 is 9.52 Å². The summed E-state index contributed by atoms with van der Waals surface area (Å²) >= 11 is 0. The Hall–Kier alpha value is 0.0600. The van der Waals surface area contributed by atoms with Crippen LogP contribution in [0.5, 0.6) is 0 Å². The molecule has 0 saturated carbocycles. The number of rotatable bonds is 4. The summed E-state index contributed by atoms with van der Waals surface area (Å²) in [5, 5.41) is 0. The predicted octanol–water partition coefficient (Wildman–Crippen LogP) is 2.47. The summed E-state index contributed by atoms with van der Waals surface area (Å²) in [6.45, 7) is 0. The Morgan fingerprint density at radius 3 is 1.43 bits per heavy atom. The van der Waals surface area contributed by atoms with Gasteiger partial charge < -0.3 is 0 Å². The van der Waals surface area contributed by atoms with Crippen molar-refractivity contribution in [2.75, 3.05) is 0 Å². The van der Waals surface area contributed by atoms with Crippen molar-refractivity contribution in [2.24, 2.45) is 11.8 Å². The van der Waals surface area contributed by atoms with Crippen LogP contribution < -0.4 is 0 Å². The maximum absolute atomic E-state index is 2.33. The quantitative estimate of drug-likeness (QED) is 0.694. The molecule has 0 unspecified atom stereocenters. The van der Waals surface area contributed by atoms with Gasteiger partial charge in [-0.1, -0.05) is 60.7 Å². The second-order valence-corrected chi connectivity index (χ2v) is 5.66. The molecule has 0 saturated heterocycles. The van der Waals surface area contributed by atoms with Gasteiger partial charge in [0.2, 0.25) is 0 Å². The molecule has 2 heteroatoms. The van der Waals surface area contributed by atoms with Gasteiger partial charge >= 0.3 is 0 Å². The molecule has 0 fully saturated rings. The van der Waals surface area contributed by atoms with Crippen molar-refractivity contribution < 1.29 is 26.2 Å². The summed E-state index contributed by atoms with van der Waals surface area (Å²) in [6.07, 6.45) is 18.0. The van der Waals surface area contributed by atoms with Crippen LogP contribution in [0.25, 0.3) is 0 Å². The molecule has 0 aliphatic heterocycles. The van der Waals surface area contributed by atoms with E-state index < -0.39 is 0 Å². The largest absolute Gasteiger partial charge is 0.0779 e. The van der Waals surface area contributed by atoms with E-state index >= 15 is 0 Å². The van der Waals surface area contributed by atoms with Gasteiger partial charge in [-0.3, -0.25) is 0 Å². The molecule has 0 heterocycles. The maximum Gasteiger partial charge on any atom is 0.0217 e. The van der Waals surface area contributed by atoms with Gasteiger partial charge in [0, 0.05) is 35.7 Å². The molecular weight excluding hydrogens is 263 g/mol. The summed E-state index contributed by atoms with van der Waals surface area (Å²) in [6, 6.07) is 2.90. The van der Waals surface area contributed by atoms with Crippen LogP contribution in [0.3, 0.4) is 0 Å². The third-order valence-electron chi connectivity index (χ3n) is 2.73. The van der Waals surface area contributed by atoms with Gasteiger partial charge in [-0.25, -0.2) is 0 Å². The van der Waals surface area contributed by atoms with Gasteiger partial charge in [0.05, 0.1) is 0 Å². The topological polar surface area (TPSA) is 0 Å². The third kappa shape index (κ3) is 3.67. The Labute approximate surface area is 108 Å². The number of hydrogen-bond donors (Lipinski definition) is 0. The molecule has 0 aromatic rings. The zero-order valence-corrected chi connectivity index (χ0v) is 12.3. The van der Waals surface area contributed by atoms with Crippen molar-refractivity contribution in [3.63, 3.8) is 0 Å². The van der Waals surface area contributed by atoms with Gasteiger partial charge in [-0.15, -0.1) is 0 Å². The molecule has 72 valence electrons. The Kier molecular flexibility index (Phi) is 5.66. The molecule has 0 aromatic carbocycles. The van der Waals surface area contributed by atoms with Crippen molar-refractivity contribution in [2.45, 2.75) is 12.1 Å². The standard InChI is InChI=1S/C12H16Si.Zr/c1-2-6-11(5-1)9-13-10-12-7-3-4-8-12;/h1-8,11-12H,9-10,13H2;. The Bertz CT molecular complexity index is 224. The third-order valence-corrected chi connectivity index (χ3v) is 4.88. The van der Waals surface area contributed by atoms with Crippen LogP contribution in [0.15, 0.2) is 48.6 Å². The molecule has 0 atom stereocenters. The molecule has 0 aromatic heterocycles. The molecule has 0 N–H and O–H groups in total. The van der Waals surface area contributed by atoms with Crippen molar-refractivity contribution in [1.82, 2.24) is 0 Å². The smallest absolute Gasteiger partial charge is 0.0217 e. The van der Waals surface area contributed by atoms with Gasteiger partial charge in [-0.05, 0) is 11.8 Å². The van der Waals surface area contributed by atoms with E-state index in [-0.39, 0.29) is 35.7 Å². The number of allylic oxidation sites excluding steroid dienone is 8. The minimum atomic E-state index is 0. The first-order chi connectivity index (χ1) is 6.45. The predicted molar refractivity (Wildman–Crippen MR) is 61.7 cm³/mol. The first kappa shape index (κ1) is 12.1. The monoisotopic (exact) mass is 278 g/mol. The van der Waals surface area contributed by atoms with E-state index in [1.807, 2.05) is 0 Å². The van der Waals surface area contributed by atoms with Crippen LogP contribution in [-0.4, -0.2) is 9.52 Å². The van der Waals surface area contributed by atoms with Crippen molar-refractivity contribution in [3.05, 3.63) is 48.6 Å². The molecule has 0 nitrogen and oxygen atoms in total. The summed E-state index contributed by atoms with van der Waals surface area (Å²) in [5.74, 6) is 1.56. The second kappa shape index (κ2) is 6.53. The number of hydrogen-bond acceptors (Lipinski definition) is 0.